The third-order valence-corrected chi connectivity index (χ3v) is 7.24. The van der Waals surface area contributed by atoms with Gasteiger partial charge in [-0.15, -0.1) is 0 Å². The average Bonchev–Trinajstić information content (AvgIpc) is 3.17. The van der Waals surface area contributed by atoms with E-state index in [1.165, 1.54) is 80.9 Å². The molecule has 0 amide bonds. The first kappa shape index (κ1) is 16.8. The fourth-order valence-electron chi connectivity index (χ4n) is 6.01. The largest absolute Gasteiger partial charge is 0.298 e. The van der Waals surface area contributed by atoms with Crippen molar-refractivity contribution in [3.8, 4) is 0 Å². The van der Waals surface area contributed by atoms with Gasteiger partial charge in [0.05, 0.1) is 0 Å². The minimum absolute atomic E-state index is 0.790. The first-order chi connectivity index (χ1) is 12.9. The number of benzene rings is 2. The van der Waals surface area contributed by atoms with E-state index in [4.69, 9.17) is 0 Å². The molecule has 138 valence electrons. The van der Waals surface area contributed by atoms with Crippen LogP contribution in [0.15, 0.2) is 42.5 Å². The Morgan fingerprint density at radius 3 is 2.50 bits per heavy atom. The van der Waals surface area contributed by atoms with Gasteiger partial charge >= 0.3 is 0 Å². The molecule has 5 rings (SSSR count). The van der Waals surface area contributed by atoms with Crippen molar-refractivity contribution in [3.05, 3.63) is 48.0 Å². The molecule has 2 nitrogen and oxygen atoms in total. The fourth-order valence-corrected chi connectivity index (χ4v) is 6.01. The van der Waals surface area contributed by atoms with Crippen LogP contribution in [-0.2, 0) is 6.54 Å². The molecule has 0 aromatic heterocycles. The maximum atomic E-state index is 2.87. The zero-order valence-electron chi connectivity index (χ0n) is 15.9. The summed E-state index contributed by atoms with van der Waals surface area (Å²) in [5, 5.41) is 2.75. The minimum Gasteiger partial charge on any atom is -0.298 e. The Morgan fingerprint density at radius 1 is 0.769 bits per heavy atom. The quantitative estimate of drug-likeness (QED) is 0.764. The summed E-state index contributed by atoms with van der Waals surface area (Å²) in [6, 6.07) is 17.5. The summed E-state index contributed by atoms with van der Waals surface area (Å²) < 4.78 is 0. The second-order valence-electron chi connectivity index (χ2n) is 8.79. The van der Waals surface area contributed by atoms with Crippen LogP contribution < -0.4 is 0 Å². The molecule has 0 bridgehead atoms. The number of rotatable bonds is 3. The number of fused-ring (bicyclic) bond motifs is 2. The molecule has 26 heavy (non-hydrogen) atoms. The molecule has 0 unspecified atom stereocenters. The zero-order valence-corrected chi connectivity index (χ0v) is 15.9. The molecule has 3 aliphatic rings. The van der Waals surface area contributed by atoms with Crippen molar-refractivity contribution < 1.29 is 0 Å². The Labute approximate surface area is 158 Å². The maximum Gasteiger partial charge on any atom is 0.0283 e. The third-order valence-electron chi connectivity index (χ3n) is 7.24. The smallest absolute Gasteiger partial charge is 0.0283 e. The molecule has 2 heteroatoms. The molecule has 0 spiro atoms. The number of hydrogen-bond donors (Lipinski definition) is 0. The van der Waals surface area contributed by atoms with Gasteiger partial charge in [-0.3, -0.25) is 9.80 Å². The van der Waals surface area contributed by atoms with Crippen molar-refractivity contribution in [3.63, 3.8) is 0 Å². The first-order valence-electron chi connectivity index (χ1n) is 10.8. The second-order valence-corrected chi connectivity index (χ2v) is 8.79. The molecule has 2 heterocycles. The van der Waals surface area contributed by atoms with Crippen LogP contribution in [0.25, 0.3) is 10.8 Å². The lowest BCUT2D eigenvalue weighted by Crippen LogP contribution is -2.59. The first-order valence-corrected chi connectivity index (χ1v) is 10.8. The summed E-state index contributed by atoms with van der Waals surface area (Å²) >= 11 is 0. The molecule has 0 N–H and O–H groups in total. The zero-order chi connectivity index (χ0) is 17.3. The summed E-state index contributed by atoms with van der Waals surface area (Å²) in [6.45, 7) is 5.01. The van der Waals surface area contributed by atoms with E-state index in [0.717, 1.165) is 24.5 Å². The molecule has 0 radical (unpaired) electrons. The minimum atomic E-state index is 0.790. The number of hydrogen-bond acceptors (Lipinski definition) is 2. The highest BCUT2D eigenvalue weighted by Crippen LogP contribution is 2.38. The van der Waals surface area contributed by atoms with E-state index in [9.17, 15) is 0 Å². The van der Waals surface area contributed by atoms with Gasteiger partial charge < -0.3 is 0 Å². The molecule has 3 fully saturated rings. The summed E-state index contributed by atoms with van der Waals surface area (Å²) in [5.41, 5.74) is 1.50. The molecule has 2 atom stereocenters. The molecule has 2 saturated heterocycles. The summed E-state index contributed by atoms with van der Waals surface area (Å²) in [4.78, 5) is 5.68. The monoisotopic (exact) mass is 348 g/mol. The van der Waals surface area contributed by atoms with Crippen molar-refractivity contribution >= 4 is 10.8 Å². The van der Waals surface area contributed by atoms with Gasteiger partial charge in [-0.25, -0.2) is 0 Å². The molecule has 2 aromatic rings. The predicted octanol–water partition coefficient (Wildman–Crippen LogP) is 5.07. The van der Waals surface area contributed by atoms with Gasteiger partial charge in [-0.05, 0) is 60.5 Å². The van der Waals surface area contributed by atoms with Crippen LogP contribution in [0.3, 0.4) is 0 Å². The van der Waals surface area contributed by atoms with Gasteiger partial charge in [-0.1, -0.05) is 55.7 Å². The van der Waals surface area contributed by atoms with E-state index in [1.54, 1.807) is 0 Å². The average molecular weight is 349 g/mol. The normalized spacial score (nSPS) is 28.5. The van der Waals surface area contributed by atoms with Crippen molar-refractivity contribution in [2.24, 2.45) is 5.92 Å². The predicted molar refractivity (Wildman–Crippen MR) is 109 cm³/mol. The van der Waals surface area contributed by atoms with Crippen molar-refractivity contribution in [2.45, 2.75) is 63.6 Å². The van der Waals surface area contributed by atoms with E-state index in [2.05, 4.69) is 52.3 Å². The van der Waals surface area contributed by atoms with E-state index in [-0.39, 0.29) is 0 Å². The summed E-state index contributed by atoms with van der Waals surface area (Å²) in [5.74, 6) is 0.926. The topological polar surface area (TPSA) is 6.48 Å². The van der Waals surface area contributed by atoms with Gasteiger partial charge in [0.2, 0.25) is 0 Å². The van der Waals surface area contributed by atoms with Gasteiger partial charge in [-0.2, -0.15) is 0 Å². The Balaban J connectivity index is 1.41. The highest BCUT2D eigenvalue weighted by molar-refractivity contribution is 5.82. The Hall–Kier alpha value is -1.38. The number of piperazine rings is 1. The van der Waals surface area contributed by atoms with Crippen LogP contribution in [0, 0.1) is 5.92 Å². The van der Waals surface area contributed by atoms with Gasteiger partial charge in [0, 0.05) is 31.7 Å². The van der Waals surface area contributed by atoms with Crippen LogP contribution in [0.1, 0.15) is 50.5 Å². The highest BCUT2D eigenvalue weighted by atomic mass is 15.3. The lowest BCUT2D eigenvalue weighted by Gasteiger charge is -2.49. The summed E-state index contributed by atoms with van der Waals surface area (Å²) in [7, 11) is 0. The molecular weight excluding hydrogens is 316 g/mol. The standard InChI is InChI=1S/C24H32N2/c1-2-8-21(9-3-1)24-23-11-6-14-25(23)15-16-26(24)18-19-12-13-20-7-4-5-10-22(20)17-19/h4-5,7,10,12-13,17,21,23-24H,1-3,6,8-9,11,14-16,18H2/t23-,24-/m1/s1. The Kier molecular flexibility index (Phi) is 4.72. The van der Waals surface area contributed by atoms with E-state index >= 15 is 0 Å². The lowest BCUT2D eigenvalue weighted by molar-refractivity contribution is -0.00377. The lowest BCUT2D eigenvalue weighted by atomic mass is 9.78. The fraction of sp³-hybridized carbons (Fsp3) is 0.583. The van der Waals surface area contributed by atoms with Crippen LogP contribution in [0.2, 0.25) is 0 Å². The third kappa shape index (κ3) is 3.18. The van der Waals surface area contributed by atoms with Crippen LogP contribution in [-0.4, -0.2) is 41.5 Å². The van der Waals surface area contributed by atoms with Crippen molar-refractivity contribution in [2.75, 3.05) is 19.6 Å². The van der Waals surface area contributed by atoms with E-state index in [1.807, 2.05) is 0 Å². The van der Waals surface area contributed by atoms with Crippen molar-refractivity contribution in [1.29, 1.82) is 0 Å². The van der Waals surface area contributed by atoms with Crippen LogP contribution in [0.5, 0.6) is 0 Å². The molecular formula is C24H32N2. The van der Waals surface area contributed by atoms with Gasteiger partial charge in [0.1, 0.15) is 0 Å². The second kappa shape index (κ2) is 7.32. The SMILES string of the molecule is c1ccc2cc(CN3CCN4CCC[C@@H]4[C@H]3C3CCCCC3)ccc2c1. The number of nitrogens with zero attached hydrogens (tertiary/aromatic N) is 2. The highest BCUT2D eigenvalue weighted by Gasteiger charge is 2.42. The maximum absolute atomic E-state index is 2.87. The van der Waals surface area contributed by atoms with E-state index in [0.29, 0.717) is 0 Å². The van der Waals surface area contributed by atoms with Crippen LogP contribution in [0.4, 0.5) is 0 Å². The Bertz CT molecular complexity index is 749. The Morgan fingerprint density at radius 2 is 1.62 bits per heavy atom. The molecule has 2 aromatic carbocycles. The summed E-state index contributed by atoms with van der Waals surface area (Å²) in [6.07, 6.45) is 10.1. The molecule has 2 aliphatic heterocycles. The van der Waals surface area contributed by atoms with Gasteiger partial charge in [0.25, 0.3) is 0 Å². The molecule has 1 saturated carbocycles. The van der Waals surface area contributed by atoms with Gasteiger partial charge in [0.15, 0.2) is 0 Å². The van der Waals surface area contributed by atoms with Crippen molar-refractivity contribution in [1.82, 2.24) is 9.80 Å². The van der Waals surface area contributed by atoms with E-state index < -0.39 is 0 Å². The van der Waals surface area contributed by atoms with Crippen LogP contribution >= 0.6 is 0 Å². The molecule has 1 aliphatic carbocycles.